The predicted octanol–water partition coefficient (Wildman–Crippen LogP) is 3.83. The number of benzene rings is 2. The van der Waals surface area contributed by atoms with E-state index in [9.17, 15) is 4.79 Å². The minimum Gasteiger partial charge on any atom is -0.506 e. The van der Waals surface area contributed by atoms with Crippen molar-refractivity contribution in [1.82, 2.24) is 4.90 Å². The number of carbonyl (C=O) groups excluding carboxylic acids is 1. The van der Waals surface area contributed by atoms with E-state index in [2.05, 4.69) is 5.32 Å². The summed E-state index contributed by atoms with van der Waals surface area (Å²) in [5.41, 5.74) is 0.816. The van der Waals surface area contributed by atoms with Gasteiger partial charge in [0.2, 0.25) is 0 Å². The summed E-state index contributed by atoms with van der Waals surface area (Å²) in [5, 5.41) is 11.9. The second-order valence-electron chi connectivity index (χ2n) is 4.14. The molecule has 2 aromatic carbocycles. The molecule has 0 atom stereocenters. The predicted molar refractivity (Wildman–Crippen MR) is 82.3 cm³/mol. The van der Waals surface area contributed by atoms with Gasteiger partial charge < -0.3 is 15.3 Å². The minimum atomic E-state index is -0.110. The fourth-order valence-corrected chi connectivity index (χ4v) is 1.34. The number of anilines is 1. The number of nitrogens with zero attached hydrogens (tertiary/aromatic N) is 1. The molecule has 0 radical (unpaired) electrons. The Morgan fingerprint density at radius 2 is 1.60 bits per heavy atom. The van der Waals surface area contributed by atoms with Crippen LogP contribution in [0.5, 0.6) is 5.75 Å². The zero-order valence-electron chi connectivity index (χ0n) is 11.4. The van der Waals surface area contributed by atoms with Gasteiger partial charge in [0.15, 0.2) is 0 Å². The van der Waals surface area contributed by atoms with Crippen molar-refractivity contribution in [1.29, 1.82) is 0 Å². The lowest BCUT2D eigenvalue weighted by Crippen LogP contribution is -2.27. The standard InChI is InChI=1S/C9H12N2O.C6H5ClO/c1-11(2)9(12)10-8-6-4-3-5-7-8;7-5-3-1-2-4-6(5)8/h3-7H,1-2H3,(H,10,12);1-4,8H. The number of hydrogen-bond acceptors (Lipinski definition) is 2. The lowest BCUT2D eigenvalue weighted by atomic mass is 10.3. The SMILES string of the molecule is CN(C)C(=O)Nc1ccccc1.Oc1ccccc1Cl. The van der Waals surface area contributed by atoms with Crippen LogP contribution in [0.25, 0.3) is 0 Å². The largest absolute Gasteiger partial charge is 0.506 e. The van der Waals surface area contributed by atoms with Gasteiger partial charge in [0.1, 0.15) is 5.75 Å². The Balaban J connectivity index is 0.000000217. The van der Waals surface area contributed by atoms with E-state index in [1.54, 1.807) is 38.4 Å². The van der Waals surface area contributed by atoms with E-state index in [-0.39, 0.29) is 11.8 Å². The van der Waals surface area contributed by atoms with Gasteiger partial charge in [-0.1, -0.05) is 41.9 Å². The molecule has 0 unspecified atom stereocenters. The molecule has 2 N–H and O–H groups in total. The van der Waals surface area contributed by atoms with Gasteiger partial charge in [-0.15, -0.1) is 0 Å². The first-order valence-corrected chi connectivity index (χ1v) is 6.35. The zero-order valence-corrected chi connectivity index (χ0v) is 12.1. The molecule has 2 rings (SSSR count). The average molecular weight is 293 g/mol. The summed E-state index contributed by atoms with van der Waals surface area (Å²) >= 11 is 5.46. The Bertz CT molecular complexity index is 524. The monoisotopic (exact) mass is 292 g/mol. The number of phenols is 1. The molecule has 5 heteroatoms. The van der Waals surface area contributed by atoms with Crippen LogP contribution in [0.1, 0.15) is 0 Å². The van der Waals surface area contributed by atoms with E-state index in [1.807, 2.05) is 30.3 Å². The highest BCUT2D eigenvalue weighted by Crippen LogP contribution is 2.20. The topological polar surface area (TPSA) is 52.6 Å². The molecule has 2 amide bonds. The van der Waals surface area contributed by atoms with Crippen LogP contribution >= 0.6 is 11.6 Å². The molecule has 0 aliphatic carbocycles. The summed E-state index contributed by atoms with van der Waals surface area (Å²) in [6, 6.07) is 15.9. The van der Waals surface area contributed by atoms with Gasteiger partial charge in [0.05, 0.1) is 5.02 Å². The Labute approximate surface area is 123 Å². The van der Waals surface area contributed by atoms with Crippen LogP contribution in [0.15, 0.2) is 54.6 Å². The molecule has 0 saturated carbocycles. The maximum Gasteiger partial charge on any atom is 0.321 e. The number of carbonyl (C=O) groups is 1. The summed E-state index contributed by atoms with van der Waals surface area (Å²) in [7, 11) is 3.41. The maximum atomic E-state index is 11.1. The number of hydrogen-bond donors (Lipinski definition) is 2. The summed E-state index contributed by atoms with van der Waals surface area (Å²) in [4.78, 5) is 12.6. The van der Waals surface area contributed by atoms with Gasteiger partial charge in [0, 0.05) is 19.8 Å². The Kier molecular flexibility index (Phi) is 6.40. The van der Waals surface area contributed by atoms with Crippen LogP contribution < -0.4 is 5.32 Å². The summed E-state index contributed by atoms with van der Waals surface area (Å²) in [5.74, 6) is 0.133. The second-order valence-corrected chi connectivity index (χ2v) is 4.55. The van der Waals surface area contributed by atoms with Crippen molar-refractivity contribution in [2.45, 2.75) is 0 Å². The van der Waals surface area contributed by atoms with Gasteiger partial charge in [-0.3, -0.25) is 0 Å². The van der Waals surface area contributed by atoms with Gasteiger partial charge in [-0.05, 0) is 24.3 Å². The lowest BCUT2D eigenvalue weighted by molar-refractivity contribution is 0.230. The molecule has 0 aromatic heterocycles. The third kappa shape index (κ3) is 5.63. The highest BCUT2D eigenvalue weighted by atomic mass is 35.5. The number of halogens is 1. The van der Waals surface area contributed by atoms with E-state index in [0.717, 1.165) is 5.69 Å². The first kappa shape index (κ1) is 15.9. The zero-order chi connectivity index (χ0) is 15.0. The first-order chi connectivity index (χ1) is 9.50. The van der Waals surface area contributed by atoms with Crippen LogP contribution in [0, 0.1) is 0 Å². The number of urea groups is 1. The van der Waals surface area contributed by atoms with Crippen molar-refractivity contribution in [3.63, 3.8) is 0 Å². The van der Waals surface area contributed by atoms with Crippen molar-refractivity contribution >= 4 is 23.3 Å². The van der Waals surface area contributed by atoms with E-state index >= 15 is 0 Å². The molecule has 2 aromatic rings. The van der Waals surface area contributed by atoms with E-state index in [1.165, 1.54) is 4.90 Å². The molecule has 4 nitrogen and oxygen atoms in total. The van der Waals surface area contributed by atoms with Crippen LogP contribution in [-0.4, -0.2) is 30.1 Å². The van der Waals surface area contributed by atoms with Crippen LogP contribution in [0.3, 0.4) is 0 Å². The number of rotatable bonds is 1. The molecular weight excluding hydrogens is 276 g/mol. The highest BCUT2D eigenvalue weighted by molar-refractivity contribution is 6.31. The summed E-state index contributed by atoms with van der Waals surface area (Å²) in [6.45, 7) is 0. The van der Waals surface area contributed by atoms with Crippen molar-refractivity contribution in [3.05, 3.63) is 59.6 Å². The Morgan fingerprint density at radius 1 is 1.05 bits per heavy atom. The van der Waals surface area contributed by atoms with Gasteiger partial charge in [-0.25, -0.2) is 4.79 Å². The molecule has 0 aliphatic rings. The fourth-order valence-electron chi connectivity index (χ4n) is 1.21. The number of aromatic hydroxyl groups is 1. The van der Waals surface area contributed by atoms with Crippen molar-refractivity contribution in [2.24, 2.45) is 0 Å². The van der Waals surface area contributed by atoms with E-state index in [4.69, 9.17) is 16.7 Å². The number of para-hydroxylation sites is 2. The molecule has 20 heavy (non-hydrogen) atoms. The average Bonchev–Trinajstić information content (AvgIpc) is 2.44. The third-order valence-corrected chi connectivity index (χ3v) is 2.60. The lowest BCUT2D eigenvalue weighted by Gasteiger charge is -2.11. The molecule has 0 saturated heterocycles. The Hall–Kier alpha value is -2.20. The van der Waals surface area contributed by atoms with Crippen molar-refractivity contribution in [2.75, 3.05) is 19.4 Å². The highest BCUT2D eigenvalue weighted by Gasteiger charge is 2.01. The van der Waals surface area contributed by atoms with E-state index in [0.29, 0.717) is 5.02 Å². The quantitative estimate of drug-likeness (QED) is 0.839. The third-order valence-electron chi connectivity index (χ3n) is 2.28. The molecule has 106 valence electrons. The molecule has 0 fully saturated rings. The molecule has 0 aliphatic heterocycles. The van der Waals surface area contributed by atoms with Crippen LogP contribution in [0.2, 0.25) is 5.02 Å². The van der Waals surface area contributed by atoms with Gasteiger partial charge >= 0.3 is 6.03 Å². The smallest absolute Gasteiger partial charge is 0.321 e. The molecule has 0 bridgehead atoms. The van der Waals surface area contributed by atoms with Gasteiger partial charge in [-0.2, -0.15) is 0 Å². The molecular formula is C15H17ClN2O2. The molecule has 0 spiro atoms. The summed E-state index contributed by atoms with van der Waals surface area (Å²) < 4.78 is 0. The van der Waals surface area contributed by atoms with Crippen LogP contribution in [-0.2, 0) is 0 Å². The molecule has 0 heterocycles. The number of phenolic OH excluding ortho intramolecular Hbond substituents is 1. The van der Waals surface area contributed by atoms with Crippen LogP contribution in [0.4, 0.5) is 10.5 Å². The fraction of sp³-hybridized carbons (Fsp3) is 0.133. The van der Waals surface area contributed by atoms with Gasteiger partial charge in [0.25, 0.3) is 0 Å². The van der Waals surface area contributed by atoms with E-state index < -0.39 is 0 Å². The normalized spacial score (nSPS) is 9.15. The Morgan fingerprint density at radius 3 is 2.05 bits per heavy atom. The first-order valence-electron chi connectivity index (χ1n) is 5.97. The van der Waals surface area contributed by atoms with Crippen molar-refractivity contribution in [3.8, 4) is 5.75 Å². The van der Waals surface area contributed by atoms with Crippen molar-refractivity contribution < 1.29 is 9.90 Å². The minimum absolute atomic E-state index is 0.110. The number of nitrogens with one attached hydrogen (secondary N) is 1. The summed E-state index contributed by atoms with van der Waals surface area (Å²) in [6.07, 6.45) is 0. The second kappa shape index (κ2) is 8.07. The number of amides is 2. The maximum absolute atomic E-state index is 11.1.